The highest BCUT2D eigenvalue weighted by molar-refractivity contribution is 6.46. The number of furan rings is 1. The Morgan fingerprint density at radius 1 is 1.16 bits per heavy atom. The smallest absolute Gasteiger partial charge is 0.296 e. The second kappa shape index (κ2) is 8.87. The fraction of sp³-hybridized carbons (Fsp3) is 0.208. The van der Waals surface area contributed by atoms with Gasteiger partial charge in [0.1, 0.15) is 17.3 Å². The van der Waals surface area contributed by atoms with Crippen LogP contribution in [0.2, 0.25) is 0 Å². The van der Waals surface area contributed by atoms with Crippen LogP contribution >= 0.6 is 0 Å². The summed E-state index contributed by atoms with van der Waals surface area (Å²) in [6, 6.07) is 13.0. The van der Waals surface area contributed by atoms with Crippen LogP contribution in [0.25, 0.3) is 5.76 Å². The highest BCUT2D eigenvalue weighted by Gasteiger charge is 2.46. The quantitative estimate of drug-likeness (QED) is 0.353. The number of nitrogens with zero attached hydrogens (tertiary/aromatic N) is 2. The molecule has 1 atom stereocenters. The maximum Gasteiger partial charge on any atom is 0.296 e. The summed E-state index contributed by atoms with van der Waals surface area (Å²) in [5.74, 6) is -0.569. The molecule has 0 saturated carbocycles. The van der Waals surface area contributed by atoms with E-state index in [1.54, 1.807) is 60.9 Å². The van der Waals surface area contributed by atoms with Crippen LogP contribution in [-0.4, -0.2) is 33.3 Å². The number of hydrogen-bond acceptors (Lipinski definition) is 6. The molecular weight excluding hydrogens is 396 g/mol. The van der Waals surface area contributed by atoms with E-state index < -0.39 is 17.7 Å². The number of pyridine rings is 1. The molecule has 7 heteroatoms. The van der Waals surface area contributed by atoms with Gasteiger partial charge in [-0.15, -0.1) is 0 Å². The van der Waals surface area contributed by atoms with Gasteiger partial charge >= 0.3 is 0 Å². The Morgan fingerprint density at radius 3 is 2.68 bits per heavy atom. The third-order valence-electron chi connectivity index (χ3n) is 5.05. The van der Waals surface area contributed by atoms with Crippen molar-refractivity contribution in [3.05, 3.63) is 89.6 Å². The van der Waals surface area contributed by atoms with Crippen molar-refractivity contribution < 1.29 is 23.8 Å². The summed E-state index contributed by atoms with van der Waals surface area (Å²) in [5, 5.41) is 11.1. The molecule has 1 unspecified atom stereocenters. The predicted octanol–water partition coefficient (Wildman–Crippen LogP) is 4.09. The lowest BCUT2D eigenvalue weighted by Crippen LogP contribution is -2.29. The van der Waals surface area contributed by atoms with E-state index in [4.69, 9.17) is 9.15 Å². The van der Waals surface area contributed by atoms with Crippen LogP contribution in [0, 0.1) is 0 Å². The topological polar surface area (TPSA) is 92.9 Å². The fourth-order valence-corrected chi connectivity index (χ4v) is 3.61. The fourth-order valence-electron chi connectivity index (χ4n) is 3.61. The number of aliphatic hydroxyl groups is 1. The highest BCUT2D eigenvalue weighted by Crippen LogP contribution is 2.40. The largest absolute Gasteiger partial charge is 0.507 e. The Morgan fingerprint density at radius 2 is 1.97 bits per heavy atom. The number of ketones is 1. The molecule has 7 nitrogen and oxygen atoms in total. The van der Waals surface area contributed by atoms with Gasteiger partial charge < -0.3 is 19.2 Å². The number of benzene rings is 1. The molecule has 1 saturated heterocycles. The van der Waals surface area contributed by atoms with Gasteiger partial charge in [-0.25, -0.2) is 0 Å². The number of aromatic nitrogens is 1. The van der Waals surface area contributed by atoms with E-state index in [1.165, 1.54) is 11.2 Å². The van der Waals surface area contributed by atoms with Crippen molar-refractivity contribution in [3.8, 4) is 5.75 Å². The molecule has 1 amide bonds. The van der Waals surface area contributed by atoms with Crippen molar-refractivity contribution in [3.63, 3.8) is 0 Å². The van der Waals surface area contributed by atoms with Crippen molar-refractivity contribution in [2.75, 3.05) is 6.61 Å². The number of likely N-dealkylation sites (tertiary alicyclic amines) is 1. The zero-order valence-corrected chi connectivity index (χ0v) is 17.0. The molecule has 4 rings (SSSR count). The number of aliphatic hydroxyl groups excluding tert-OH is 1. The number of carbonyl (C=O) groups excluding carboxylic acids is 2. The van der Waals surface area contributed by atoms with Crippen molar-refractivity contribution >= 4 is 17.4 Å². The summed E-state index contributed by atoms with van der Waals surface area (Å²) in [4.78, 5) is 31.4. The van der Waals surface area contributed by atoms with Crippen LogP contribution in [0.4, 0.5) is 0 Å². The van der Waals surface area contributed by atoms with Crippen molar-refractivity contribution in [2.24, 2.45) is 0 Å². The first kappa shape index (κ1) is 20.4. The minimum Gasteiger partial charge on any atom is -0.507 e. The molecule has 158 valence electrons. The van der Waals surface area contributed by atoms with Crippen LogP contribution in [0.15, 0.2) is 77.2 Å². The Kier molecular flexibility index (Phi) is 5.84. The van der Waals surface area contributed by atoms with E-state index in [2.05, 4.69) is 4.98 Å². The standard InChI is InChI=1S/C24H22N2O5/c1-2-12-30-18-6-3-5-17(14-18)22(27)20-21(16-8-10-25-11-9-16)26(24(29)23(20)28)15-19-7-4-13-31-19/h3-11,13-14,21,27H,2,12,15H2,1H3/b22-20+. The van der Waals surface area contributed by atoms with Gasteiger partial charge in [-0.3, -0.25) is 14.6 Å². The van der Waals surface area contributed by atoms with Crippen LogP contribution in [0.5, 0.6) is 5.75 Å². The Hall–Kier alpha value is -3.87. The number of amides is 1. The molecule has 1 fully saturated rings. The number of ether oxygens (including phenoxy) is 1. The zero-order valence-electron chi connectivity index (χ0n) is 17.0. The normalized spacial score (nSPS) is 17.8. The van der Waals surface area contributed by atoms with Crippen LogP contribution in [-0.2, 0) is 16.1 Å². The van der Waals surface area contributed by atoms with Gasteiger partial charge in [-0.05, 0) is 48.4 Å². The van der Waals surface area contributed by atoms with Gasteiger partial charge in [0.15, 0.2) is 0 Å². The minimum absolute atomic E-state index is 0.0235. The number of hydrogen-bond donors (Lipinski definition) is 1. The maximum absolute atomic E-state index is 13.0. The summed E-state index contributed by atoms with van der Waals surface area (Å²) < 4.78 is 11.0. The molecule has 3 aromatic rings. The van der Waals surface area contributed by atoms with Crippen LogP contribution in [0.3, 0.4) is 0 Å². The SMILES string of the molecule is CCCOc1cccc(/C(O)=C2\C(=O)C(=O)N(Cc3ccco3)C2c2ccncc2)c1. The average Bonchev–Trinajstić information content (AvgIpc) is 3.40. The lowest BCUT2D eigenvalue weighted by Gasteiger charge is -2.24. The van der Waals surface area contributed by atoms with E-state index in [1.807, 2.05) is 6.92 Å². The number of rotatable bonds is 7. The third-order valence-corrected chi connectivity index (χ3v) is 5.05. The molecule has 1 aliphatic rings. The molecule has 1 aliphatic heterocycles. The maximum atomic E-state index is 13.0. The minimum atomic E-state index is -0.770. The first-order chi connectivity index (χ1) is 15.1. The first-order valence-electron chi connectivity index (χ1n) is 10.0. The van der Waals surface area contributed by atoms with E-state index in [-0.39, 0.29) is 17.9 Å². The molecule has 1 N–H and O–H groups in total. The van der Waals surface area contributed by atoms with Crippen molar-refractivity contribution in [1.82, 2.24) is 9.88 Å². The summed E-state index contributed by atoms with van der Waals surface area (Å²) in [6.45, 7) is 2.63. The number of Topliss-reactive ketones (excluding diaryl/α,β-unsaturated/α-hetero) is 1. The first-order valence-corrected chi connectivity index (χ1v) is 10.0. The summed E-state index contributed by atoms with van der Waals surface area (Å²) in [6.07, 6.45) is 5.52. The van der Waals surface area contributed by atoms with E-state index >= 15 is 0 Å². The molecular formula is C24H22N2O5. The summed E-state index contributed by atoms with van der Waals surface area (Å²) in [5.41, 5.74) is 1.10. The van der Waals surface area contributed by atoms with Gasteiger partial charge in [0.05, 0.1) is 31.0 Å². The second-order valence-electron chi connectivity index (χ2n) is 7.16. The van der Waals surface area contributed by atoms with E-state index in [9.17, 15) is 14.7 Å². The van der Waals surface area contributed by atoms with Crippen molar-refractivity contribution in [1.29, 1.82) is 0 Å². The molecule has 2 aromatic heterocycles. The van der Waals surface area contributed by atoms with E-state index in [0.29, 0.717) is 29.2 Å². The summed E-state index contributed by atoms with van der Waals surface area (Å²) >= 11 is 0. The van der Waals surface area contributed by atoms with Gasteiger partial charge in [0.25, 0.3) is 11.7 Å². The molecule has 1 aromatic carbocycles. The van der Waals surface area contributed by atoms with Gasteiger partial charge in [-0.2, -0.15) is 0 Å². The molecule has 3 heterocycles. The number of carbonyl (C=O) groups is 2. The Balaban J connectivity index is 1.80. The highest BCUT2D eigenvalue weighted by atomic mass is 16.5. The van der Waals surface area contributed by atoms with Crippen LogP contribution in [0.1, 0.15) is 36.3 Å². The molecule has 0 spiro atoms. The van der Waals surface area contributed by atoms with Gasteiger partial charge in [0.2, 0.25) is 0 Å². The third kappa shape index (κ3) is 4.07. The predicted molar refractivity (Wildman–Crippen MR) is 113 cm³/mol. The van der Waals surface area contributed by atoms with Crippen LogP contribution < -0.4 is 4.74 Å². The zero-order chi connectivity index (χ0) is 21.8. The van der Waals surface area contributed by atoms with Crippen molar-refractivity contribution in [2.45, 2.75) is 25.9 Å². The molecule has 0 radical (unpaired) electrons. The molecule has 0 bridgehead atoms. The lowest BCUT2D eigenvalue weighted by molar-refractivity contribution is -0.140. The second-order valence-corrected chi connectivity index (χ2v) is 7.16. The Bertz CT molecular complexity index is 1110. The monoisotopic (exact) mass is 418 g/mol. The van der Waals surface area contributed by atoms with E-state index in [0.717, 1.165) is 6.42 Å². The lowest BCUT2D eigenvalue weighted by atomic mass is 9.96. The summed E-state index contributed by atoms with van der Waals surface area (Å²) in [7, 11) is 0. The molecule has 31 heavy (non-hydrogen) atoms. The van der Waals surface area contributed by atoms with Gasteiger partial charge in [0, 0.05) is 18.0 Å². The Labute approximate surface area is 179 Å². The average molecular weight is 418 g/mol. The van der Waals surface area contributed by atoms with Gasteiger partial charge in [-0.1, -0.05) is 19.1 Å². The molecule has 0 aliphatic carbocycles.